The lowest BCUT2D eigenvalue weighted by Gasteiger charge is -2.04. The Hall–Kier alpha value is -5.42. The van der Waals surface area contributed by atoms with Gasteiger partial charge in [0.15, 0.2) is 0 Å². The molecule has 4 aromatic heterocycles. The van der Waals surface area contributed by atoms with Gasteiger partial charge in [-0.3, -0.25) is 0 Å². The maximum absolute atomic E-state index is 6.08. The molecule has 10 rings (SSSR count). The summed E-state index contributed by atoms with van der Waals surface area (Å²) in [5.41, 5.74) is 8.89. The summed E-state index contributed by atoms with van der Waals surface area (Å²) in [7, 11) is 0. The average molecular weight is 625 g/mol. The topological polar surface area (TPSA) is 26.3 Å². The van der Waals surface area contributed by atoms with Gasteiger partial charge in [-0.15, -0.1) is 22.7 Å². The summed E-state index contributed by atoms with van der Waals surface area (Å²) in [6.07, 6.45) is 0. The Labute approximate surface area is 272 Å². The molecule has 0 aliphatic heterocycles. The Morgan fingerprint density at radius 3 is 1.17 bits per heavy atom. The van der Waals surface area contributed by atoms with E-state index in [2.05, 4.69) is 109 Å². The first-order chi connectivity index (χ1) is 22.7. The fourth-order valence-electron chi connectivity index (χ4n) is 6.52. The molecule has 0 fully saturated rings. The van der Waals surface area contributed by atoms with Crippen LogP contribution in [0.3, 0.4) is 0 Å². The number of hydrogen-bond donors (Lipinski definition) is 0. The fourth-order valence-corrected chi connectivity index (χ4v) is 9.25. The van der Waals surface area contributed by atoms with Crippen molar-refractivity contribution in [3.05, 3.63) is 146 Å². The van der Waals surface area contributed by atoms with Gasteiger partial charge in [-0.25, -0.2) is 0 Å². The number of rotatable bonds is 4. The molecule has 0 unspecified atom stereocenters. The van der Waals surface area contributed by atoms with Crippen molar-refractivity contribution in [1.82, 2.24) is 0 Å². The minimum absolute atomic E-state index is 0.899. The molecular formula is C42H24O2S2. The fraction of sp³-hybridized carbons (Fsp3) is 0. The summed E-state index contributed by atoms with van der Waals surface area (Å²) < 4.78 is 17.6. The van der Waals surface area contributed by atoms with Crippen LogP contribution >= 0.6 is 22.7 Å². The molecule has 4 heterocycles. The van der Waals surface area contributed by atoms with Crippen molar-refractivity contribution in [1.29, 1.82) is 0 Å². The highest BCUT2D eigenvalue weighted by Gasteiger charge is 2.15. The maximum atomic E-state index is 6.08. The lowest BCUT2D eigenvalue weighted by atomic mass is 10.0. The lowest BCUT2D eigenvalue weighted by molar-refractivity contribution is 0.631. The van der Waals surface area contributed by atoms with Crippen molar-refractivity contribution in [3.8, 4) is 44.9 Å². The highest BCUT2D eigenvalue weighted by molar-refractivity contribution is 7.36. The first kappa shape index (κ1) is 25.9. The Balaban J connectivity index is 0.950. The van der Waals surface area contributed by atoms with Crippen LogP contribution in [0.4, 0.5) is 0 Å². The molecule has 2 nitrogen and oxygen atoms in total. The Kier molecular flexibility index (Phi) is 5.65. The predicted octanol–water partition coefficient (Wildman–Crippen LogP) is 13.4. The molecular weight excluding hydrogens is 601 g/mol. The molecule has 0 spiro atoms. The van der Waals surface area contributed by atoms with E-state index in [9.17, 15) is 0 Å². The Bertz CT molecular complexity index is 2480. The summed E-state index contributed by atoms with van der Waals surface area (Å²) in [6.45, 7) is 0. The normalized spacial score (nSPS) is 11.9. The van der Waals surface area contributed by atoms with Gasteiger partial charge in [-0.05, 0) is 58.7 Å². The van der Waals surface area contributed by atoms with Crippen LogP contribution in [0.25, 0.3) is 96.4 Å². The van der Waals surface area contributed by atoms with E-state index >= 15 is 0 Å². The minimum atomic E-state index is 0.899. The predicted molar refractivity (Wildman–Crippen MR) is 196 cm³/mol. The van der Waals surface area contributed by atoms with Crippen LogP contribution in [0.5, 0.6) is 0 Å². The van der Waals surface area contributed by atoms with Crippen molar-refractivity contribution in [2.45, 2.75) is 0 Å². The van der Waals surface area contributed by atoms with Gasteiger partial charge in [-0.2, -0.15) is 0 Å². The van der Waals surface area contributed by atoms with E-state index in [1.165, 1.54) is 51.8 Å². The Morgan fingerprint density at radius 1 is 0.348 bits per heavy atom. The van der Waals surface area contributed by atoms with Gasteiger partial charge in [0.25, 0.3) is 0 Å². The van der Waals surface area contributed by atoms with E-state index in [0.29, 0.717) is 0 Å². The summed E-state index contributed by atoms with van der Waals surface area (Å²) in [5, 5.41) is 4.92. The molecule has 0 N–H and O–H groups in total. The second-order valence-electron chi connectivity index (χ2n) is 11.7. The minimum Gasteiger partial charge on any atom is -0.456 e. The SMILES string of the molecule is c1ccc2oc(-c3ccc(-c4ccc5c(c4)sc4c6ccc(-c7ccc(-c8cc9ccccc9o8)cc7)cc6sc54)cc3)cc2c1. The third-order valence-electron chi connectivity index (χ3n) is 8.94. The van der Waals surface area contributed by atoms with Crippen LogP contribution in [0.1, 0.15) is 0 Å². The van der Waals surface area contributed by atoms with Crippen molar-refractivity contribution in [2.75, 3.05) is 0 Å². The van der Waals surface area contributed by atoms with E-state index < -0.39 is 0 Å². The second kappa shape index (κ2) is 10.0. The standard InChI is InChI=1S/C42H24O2S2/c1-3-7-35-31(5-1)21-37(43-35)27-13-9-25(10-14-27)29-17-19-33-39(23-29)45-42-34-20-18-30(24-40(34)46-41(33)42)26-11-15-28(16-12-26)38-22-32-6-2-4-8-36(32)44-38/h1-24H. The smallest absolute Gasteiger partial charge is 0.135 e. The Morgan fingerprint density at radius 2 is 0.739 bits per heavy atom. The van der Waals surface area contributed by atoms with Crippen LogP contribution in [0.2, 0.25) is 0 Å². The van der Waals surface area contributed by atoms with Gasteiger partial charge >= 0.3 is 0 Å². The van der Waals surface area contributed by atoms with E-state index in [1.807, 2.05) is 59.1 Å². The average Bonchev–Trinajstić information content (AvgIpc) is 3.89. The molecule has 0 amide bonds. The van der Waals surface area contributed by atoms with Crippen LogP contribution in [-0.4, -0.2) is 0 Å². The highest BCUT2D eigenvalue weighted by Crippen LogP contribution is 2.46. The molecule has 6 aromatic carbocycles. The number of thiophene rings is 2. The number of para-hydroxylation sites is 2. The molecule has 0 aliphatic rings. The number of fused-ring (bicyclic) bond motifs is 7. The summed E-state index contributed by atoms with van der Waals surface area (Å²) in [5.74, 6) is 1.80. The third-order valence-corrected chi connectivity index (χ3v) is 11.4. The van der Waals surface area contributed by atoms with Gasteiger partial charge in [0.2, 0.25) is 0 Å². The summed E-state index contributed by atoms with van der Waals surface area (Å²) in [4.78, 5) is 0. The van der Waals surface area contributed by atoms with Gasteiger partial charge in [0, 0.05) is 42.1 Å². The first-order valence-electron chi connectivity index (χ1n) is 15.3. The van der Waals surface area contributed by atoms with Crippen LogP contribution in [-0.2, 0) is 0 Å². The van der Waals surface area contributed by atoms with Gasteiger partial charge in [0.1, 0.15) is 22.7 Å². The number of hydrogen-bond acceptors (Lipinski definition) is 4. The summed E-state index contributed by atoms with van der Waals surface area (Å²) in [6, 6.07) is 51.7. The largest absolute Gasteiger partial charge is 0.456 e. The molecule has 0 aliphatic carbocycles. The first-order valence-corrected chi connectivity index (χ1v) is 16.9. The van der Waals surface area contributed by atoms with Crippen LogP contribution < -0.4 is 0 Å². The molecule has 0 bridgehead atoms. The van der Waals surface area contributed by atoms with Crippen molar-refractivity contribution < 1.29 is 8.83 Å². The molecule has 4 heteroatoms. The number of benzene rings is 6. The van der Waals surface area contributed by atoms with Gasteiger partial charge < -0.3 is 8.83 Å². The second-order valence-corrected chi connectivity index (χ2v) is 13.8. The van der Waals surface area contributed by atoms with E-state index in [0.717, 1.165) is 44.6 Å². The van der Waals surface area contributed by atoms with E-state index in [1.54, 1.807) is 0 Å². The zero-order chi connectivity index (χ0) is 30.2. The molecule has 0 saturated carbocycles. The lowest BCUT2D eigenvalue weighted by Crippen LogP contribution is -1.79. The van der Waals surface area contributed by atoms with E-state index in [4.69, 9.17) is 8.83 Å². The van der Waals surface area contributed by atoms with Gasteiger partial charge in [-0.1, -0.05) is 109 Å². The summed E-state index contributed by atoms with van der Waals surface area (Å²) >= 11 is 3.79. The quantitative estimate of drug-likeness (QED) is 0.195. The van der Waals surface area contributed by atoms with Crippen LogP contribution in [0, 0.1) is 0 Å². The molecule has 10 aromatic rings. The van der Waals surface area contributed by atoms with Gasteiger partial charge in [0.05, 0.1) is 9.40 Å². The van der Waals surface area contributed by atoms with Crippen molar-refractivity contribution >= 4 is 74.2 Å². The molecule has 46 heavy (non-hydrogen) atoms. The van der Waals surface area contributed by atoms with Crippen LogP contribution in [0.15, 0.2) is 154 Å². The van der Waals surface area contributed by atoms with Crippen molar-refractivity contribution in [2.24, 2.45) is 0 Å². The zero-order valence-corrected chi connectivity index (χ0v) is 26.1. The number of furan rings is 2. The molecule has 0 atom stereocenters. The monoisotopic (exact) mass is 624 g/mol. The van der Waals surface area contributed by atoms with Crippen molar-refractivity contribution in [3.63, 3.8) is 0 Å². The maximum Gasteiger partial charge on any atom is 0.135 e. The molecule has 216 valence electrons. The van der Waals surface area contributed by atoms with E-state index in [-0.39, 0.29) is 0 Å². The molecule has 0 radical (unpaired) electrons. The third kappa shape index (κ3) is 4.15. The molecule has 0 saturated heterocycles. The highest BCUT2D eigenvalue weighted by atomic mass is 32.1. The zero-order valence-electron chi connectivity index (χ0n) is 24.5.